The lowest BCUT2D eigenvalue weighted by Gasteiger charge is -2.21. The normalized spacial score (nSPS) is 12.0. The smallest absolute Gasteiger partial charge is 0.408 e. The molecule has 1 atom stereocenters. The van der Waals surface area contributed by atoms with E-state index in [1.54, 1.807) is 45.9 Å². The fraction of sp³-hybridized carbons (Fsp3) is 0.348. The summed E-state index contributed by atoms with van der Waals surface area (Å²) < 4.78 is 5.18. The number of carbonyl (C=O) groups is 3. The minimum absolute atomic E-state index is 0.0500. The number of nitrogens with one attached hydrogen (secondary N) is 2. The number of hydrogen-bond acceptors (Lipinski definition) is 4. The van der Waals surface area contributed by atoms with Gasteiger partial charge in [-0.05, 0) is 44.9 Å². The van der Waals surface area contributed by atoms with E-state index in [1.165, 1.54) is 0 Å². The van der Waals surface area contributed by atoms with Crippen molar-refractivity contribution in [2.45, 2.75) is 52.3 Å². The minimum Gasteiger partial charge on any atom is -0.444 e. The van der Waals surface area contributed by atoms with Gasteiger partial charge in [0.25, 0.3) is 5.91 Å². The second kappa shape index (κ2) is 10.3. The fourth-order valence-corrected chi connectivity index (χ4v) is 3.02. The molecule has 0 unspecified atom stereocenters. The van der Waals surface area contributed by atoms with Crippen LogP contribution in [0, 0.1) is 0 Å². The maximum atomic E-state index is 12.7. The molecule has 0 bridgehead atoms. The number of hydrogen-bond donors (Lipinski definition) is 2. The standard InChI is InChI=1S/C23H27ClN2O4/c1-15(26-22(29)30-23(2,3)4)19(27)13-17-11-8-12-18(24)20(17)21(28)25-14-16-9-6-5-7-10-16/h5-12,15H,13-14H2,1-4H3,(H,25,28)(H,26,29)/t15-/m0/s1. The number of alkyl carbamates (subject to hydrolysis) is 1. The number of carbonyl (C=O) groups excluding carboxylic acids is 3. The summed E-state index contributed by atoms with van der Waals surface area (Å²) in [7, 11) is 0. The maximum absolute atomic E-state index is 12.7. The molecular formula is C23H27ClN2O4. The average Bonchev–Trinajstić information content (AvgIpc) is 2.65. The third-order valence-corrected chi connectivity index (χ3v) is 4.52. The average molecular weight is 431 g/mol. The molecule has 160 valence electrons. The van der Waals surface area contributed by atoms with Crippen LogP contribution in [0.4, 0.5) is 4.79 Å². The van der Waals surface area contributed by atoms with Crippen LogP contribution in [0.15, 0.2) is 48.5 Å². The molecule has 2 aromatic carbocycles. The summed E-state index contributed by atoms with van der Waals surface area (Å²) in [6.45, 7) is 7.14. The highest BCUT2D eigenvalue weighted by Crippen LogP contribution is 2.21. The fourth-order valence-electron chi connectivity index (χ4n) is 2.74. The first-order chi connectivity index (χ1) is 14.1. The monoisotopic (exact) mass is 430 g/mol. The van der Waals surface area contributed by atoms with Crippen LogP contribution < -0.4 is 10.6 Å². The molecule has 0 fully saturated rings. The Labute approximate surface area is 182 Å². The number of benzene rings is 2. The van der Waals surface area contributed by atoms with Crippen molar-refractivity contribution >= 4 is 29.4 Å². The van der Waals surface area contributed by atoms with Crippen LogP contribution in [0.5, 0.6) is 0 Å². The molecule has 30 heavy (non-hydrogen) atoms. The summed E-state index contributed by atoms with van der Waals surface area (Å²) in [5, 5.41) is 5.62. The van der Waals surface area contributed by atoms with E-state index < -0.39 is 17.7 Å². The van der Waals surface area contributed by atoms with Crippen molar-refractivity contribution in [1.82, 2.24) is 10.6 Å². The second-order valence-corrected chi connectivity index (χ2v) is 8.36. The molecule has 6 nitrogen and oxygen atoms in total. The van der Waals surface area contributed by atoms with Crippen LogP contribution in [-0.4, -0.2) is 29.4 Å². The van der Waals surface area contributed by atoms with Crippen molar-refractivity contribution in [3.05, 3.63) is 70.2 Å². The van der Waals surface area contributed by atoms with Gasteiger partial charge in [0.1, 0.15) is 5.60 Å². The summed E-state index contributed by atoms with van der Waals surface area (Å²) in [5.74, 6) is -0.625. The zero-order valence-electron chi connectivity index (χ0n) is 17.6. The van der Waals surface area contributed by atoms with E-state index in [0.29, 0.717) is 12.1 Å². The zero-order chi connectivity index (χ0) is 22.3. The number of Topliss-reactive ketones (excluding diaryl/α,β-unsaturated/α-hetero) is 1. The van der Waals surface area contributed by atoms with Gasteiger partial charge in [0.15, 0.2) is 5.78 Å². The number of rotatable bonds is 7. The van der Waals surface area contributed by atoms with Crippen molar-refractivity contribution in [3.63, 3.8) is 0 Å². The van der Waals surface area contributed by atoms with Crippen molar-refractivity contribution in [3.8, 4) is 0 Å². The zero-order valence-corrected chi connectivity index (χ0v) is 18.4. The lowest BCUT2D eigenvalue weighted by molar-refractivity contribution is -0.120. The van der Waals surface area contributed by atoms with E-state index in [-0.39, 0.29) is 28.7 Å². The SMILES string of the molecule is C[C@H](NC(=O)OC(C)(C)C)C(=O)Cc1cccc(Cl)c1C(=O)NCc1ccccc1. The molecule has 0 saturated heterocycles. The Hall–Kier alpha value is -2.86. The number of ether oxygens (including phenoxy) is 1. The van der Waals surface area contributed by atoms with E-state index >= 15 is 0 Å². The number of amides is 2. The Morgan fingerprint density at radius 2 is 1.70 bits per heavy atom. The van der Waals surface area contributed by atoms with Crippen LogP contribution in [0.1, 0.15) is 49.2 Å². The Morgan fingerprint density at radius 3 is 2.33 bits per heavy atom. The summed E-state index contributed by atoms with van der Waals surface area (Å²) >= 11 is 6.26. The molecule has 2 amide bonds. The third-order valence-electron chi connectivity index (χ3n) is 4.20. The molecule has 7 heteroatoms. The van der Waals surface area contributed by atoms with E-state index in [4.69, 9.17) is 16.3 Å². The van der Waals surface area contributed by atoms with Gasteiger partial charge >= 0.3 is 6.09 Å². The highest BCUT2D eigenvalue weighted by molar-refractivity contribution is 6.34. The van der Waals surface area contributed by atoms with Gasteiger partial charge in [-0.15, -0.1) is 0 Å². The first-order valence-electron chi connectivity index (χ1n) is 9.68. The quantitative estimate of drug-likeness (QED) is 0.686. The number of ketones is 1. The summed E-state index contributed by atoms with van der Waals surface area (Å²) in [5.41, 5.74) is 1.04. The Bertz CT molecular complexity index is 907. The van der Waals surface area contributed by atoms with Gasteiger partial charge in [-0.1, -0.05) is 54.1 Å². The van der Waals surface area contributed by atoms with Crippen molar-refractivity contribution in [2.75, 3.05) is 0 Å². The van der Waals surface area contributed by atoms with Crippen molar-refractivity contribution < 1.29 is 19.1 Å². The van der Waals surface area contributed by atoms with Gasteiger partial charge in [0.05, 0.1) is 16.6 Å². The van der Waals surface area contributed by atoms with E-state index in [1.807, 2.05) is 30.3 Å². The van der Waals surface area contributed by atoms with E-state index in [0.717, 1.165) is 5.56 Å². The molecule has 0 heterocycles. The lowest BCUT2D eigenvalue weighted by Crippen LogP contribution is -2.42. The van der Waals surface area contributed by atoms with Gasteiger partial charge in [0.2, 0.25) is 0 Å². The Balaban J connectivity index is 2.07. The minimum atomic E-state index is -0.779. The van der Waals surface area contributed by atoms with Crippen LogP contribution in [-0.2, 0) is 22.5 Å². The van der Waals surface area contributed by atoms with Crippen LogP contribution in [0.2, 0.25) is 5.02 Å². The molecule has 0 aliphatic heterocycles. The molecule has 2 N–H and O–H groups in total. The summed E-state index contributed by atoms with van der Waals surface area (Å²) in [6, 6.07) is 13.7. The molecule has 0 aromatic heterocycles. The maximum Gasteiger partial charge on any atom is 0.408 e. The largest absolute Gasteiger partial charge is 0.444 e. The molecule has 2 rings (SSSR count). The summed E-state index contributed by atoms with van der Waals surface area (Å²) in [4.78, 5) is 37.3. The predicted molar refractivity (Wildman–Crippen MR) is 117 cm³/mol. The van der Waals surface area contributed by atoms with Crippen molar-refractivity contribution in [2.24, 2.45) is 0 Å². The highest BCUT2D eigenvalue weighted by Gasteiger charge is 2.23. The number of halogens is 1. The van der Waals surface area contributed by atoms with Crippen molar-refractivity contribution in [1.29, 1.82) is 0 Å². The Kier molecular flexibility index (Phi) is 8.00. The summed E-state index contributed by atoms with van der Waals surface area (Å²) in [6.07, 6.45) is -0.721. The Morgan fingerprint density at radius 1 is 1.03 bits per heavy atom. The molecule has 0 radical (unpaired) electrons. The van der Waals surface area contributed by atoms with Gasteiger partial charge < -0.3 is 15.4 Å². The van der Waals surface area contributed by atoms with Gasteiger partial charge in [0, 0.05) is 13.0 Å². The molecule has 0 saturated carbocycles. The molecule has 0 aliphatic rings. The highest BCUT2D eigenvalue weighted by atomic mass is 35.5. The van der Waals surface area contributed by atoms with E-state index in [2.05, 4.69) is 10.6 Å². The van der Waals surface area contributed by atoms with Crippen LogP contribution >= 0.6 is 11.6 Å². The molecule has 2 aromatic rings. The van der Waals surface area contributed by atoms with Gasteiger partial charge in [-0.25, -0.2) is 4.79 Å². The van der Waals surface area contributed by atoms with Gasteiger partial charge in [-0.2, -0.15) is 0 Å². The molecule has 0 spiro atoms. The third kappa shape index (κ3) is 7.19. The van der Waals surface area contributed by atoms with Gasteiger partial charge in [-0.3, -0.25) is 9.59 Å². The lowest BCUT2D eigenvalue weighted by atomic mass is 9.99. The first-order valence-corrected chi connectivity index (χ1v) is 10.1. The van der Waals surface area contributed by atoms with Crippen LogP contribution in [0.25, 0.3) is 0 Å². The first kappa shape index (κ1) is 23.4. The topological polar surface area (TPSA) is 84.5 Å². The molecule has 0 aliphatic carbocycles. The second-order valence-electron chi connectivity index (χ2n) is 7.95. The molecular weight excluding hydrogens is 404 g/mol. The van der Waals surface area contributed by atoms with Crippen LogP contribution in [0.3, 0.4) is 0 Å². The predicted octanol–water partition coefficient (Wildman–Crippen LogP) is 4.29. The van der Waals surface area contributed by atoms with E-state index in [9.17, 15) is 14.4 Å².